The number of carbonyl (C=O) groups excluding carboxylic acids is 1. The molecule has 0 bridgehead atoms. The number of benzene rings is 2. The molecule has 3 nitrogen and oxygen atoms in total. The summed E-state index contributed by atoms with van der Waals surface area (Å²) in [6.45, 7) is 0. The van der Waals surface area contributed by atoms with Crippen LogP contribution in [0.1, 0.15) is 15.2 Å². The molecule has 0 radical (unpaired) electrons. The minimum atomic E-state index is -1.51. The zero-order chi connectivity index (χ0) is 17.1. The van der Waals surface area contributed by atoms with Gasteiger partial charge in [0.15, 0.2) is 5.78 Å². The zero-order valence-corrected chi connectivity index (χ0v) is 13.5. The van der Waals surface area contributed by atoms with Crippen molar-refractivity contribution in [3.05, 3.63) is 76.9 Å². The van der Waals surface area contributed by atoms with Gasteiger partial charge in [-0.05, 0) is 40.9 Å². The number of hydrogen-bond donors (Lipinski definition) is 2. The molecule has 0 aliphatic carbocycles. The summed E-state index contributed by atoms with van der Waals surface area (Å²) in [5.74, 6) is -0.333. The van der Waals surface area contributed by atoms with Crippen LogP contribution in [0.4, 0.5) is 4.39 Å². The molecular formula is C18H14BFO3S. The van der Waals surface area contributed by atoms with Crippen molar-refractivity contribution >= 4 is 29.7 Å². The van der Waals surface area contributed by atoms with E-state index in [-0.39, 0.29) is 18.0 Å². The van der Waals surface area contributed by atoms with Crippen LogP contribution in [0.15, 0.2) is 60.7 Å². The number of ketones is 1. The lowest BCUT2D eigenvalue weighted by atomic mass is 9.80. The Morgan fingerprint density at radius 2 is 1.79 bits per heavy atom. The maximum Gasteiger partial charge on any atom is 0.488 e. The summed E-state index contributed by atoms with van der Waals surface area (Å²) in [6.07, 6.45) is 0.227. The summed E-state index contributed by atoms with van der Waals surface area (Å²) in [5, 5.41) is 18.1. The maximum atomic E-state index is 13.3. The minimum Gasteiger partial charge on any atom is -0.423 e. The van der Waals surface area contributed by atoms with Crippen molar-refractivity contribution < 1.29 is 19.2 Å². The molecule has 0 aliphatic rings. The molecule has 6 heteroatoms. The van der Waals surface area contributed by atoms with Crippen LogP contribution in [0.25, 0.3) is 10.4 Å². The van der Waals surface area contributed by atoms with Crippen molar-refractivity contribution in [2.24, 2.45) is 0 Å². The Hall–Kier alpha value is -2.28. The van der Waals surface area contributed by atoms with Gasteiger partial charge in [0.05, 0.1) is 4.88 Å². The average Bonchev–Trinajstić information content (AvgIpc) is 3.05. The highest BCUT2D eigenvalue weighted by atomic mass is 32.1. The Morgan fingerprint density at radius 1 is 1.04 bits per heavy atom. The molecule has 2 N–H and O–H groups in total. The molecule has 0 unspecified atom stereocenters. The van der Waals surface area contributed by atoms with Crippen molar-refractivity contribution in [3.63, 3.8) is 0 Å². The van der Waals surface area contributed by atoms with E-state index in [1.807, 2.05) is 12.1 Å². The monoisotopic (exact) mass is 340 g/mol. The van der Waals surface area contributed by atoms with Gasteiger partial charge in [-0.1, -0.05) is 36.4 Å². The first-order valence-electron chi connectivity index (χ1n) is 7.37. The van der Waals surface area contributed by atoms with Gasteiger partial charge in [-0.25, -0.2) is 4.39 Å². The molecule has 0 atom stereocenters. The molecule has 2 aromatic carbocycles. The molecule has 1 heterocycles. The van der Waals surface area contributed by atoms with E-state index >= 15 is 0 Å². The zero-order valence-electron chi connectivity index (χ0n) is 12.6. The third-order valence-electron chi connectivity index (χ3n) is 3.63. The largest absolute Gasteiger partial charge is 0.488 e. The van der Waals surface area contributed by atoms with E-state index in [1.165, 1.54) is 23.5 Å². The number of rotatable bonds is 5. The predicted molar refractivity (Wildman–Crippen MR) is 94.0 cm³/mol. The van der Waals surface area contributed by atoms with E-state index in [0.29, 0.717) is 10.3 Å². The van der Waals surface area contributed by atoms with E-state index < -0.39 is 7.12 Å². The lowest BCUT2D eigenvalue weighted by Gasteiger charge is -2.02. The maximum absolute atomic E-state index is 13.3. The quantitative estimate of drug-likeness (QED) is 0.555. The second kappa shape index (κ2) is 7.09. The summed E-state index contributed by atoms with van der Waals surface area (Å²) in [5.41, 5.74) is 1.93. The van der Waals surface area contributed by atoms with Crippen LogP contribution in [0.3, 0.4) is 0 Å². The Morgan fingerprint density at radius 3 is 2.46 bits per heavy atom. The summed E-state index contributed by atoms with van der Waals surface area (Å²) in [7, 11) is -1.51. The highest BCUT2D eigenvalue weighted by Gasteiger charge is 2.13. The van der Waals surface area contributed by atoms with Crippen LogP contribution in [-0.2, 0) is 6.42 Å². The van der Waals surface area contributed by atoms with Gasteiger partial charge in [-0.3, -0.25) is 4.79 Å². The smallest absolute Gasteiger partial charge is 0.423 e. The van der Waals surface area contributed by atoms with Crippen molar-refractivity contribution in [2.75, 3.05) is 0 Å². The van der Waals surface area contributed by atoms with E-state index in [0.717, 1.165) is 16.0 Å². The molecule has 3 rings (SSSR count). The predicted octanol–water partition coefficient (Wildman–Crippen LogP) is 2.66. The highest BCUT2D eigenvalue weighted by molar-refractivity contribution is 7.17. The van der Waals surface area contributed by atoms with Crippen LogP contribution >= 0.6 is 11.3 Å². The topological polar surface area (TPSA) is 57.5 Å². The second-order valence-electron chi connectivity index (χ2n) is 5.39. The molecule has 120 valence electrons. The van der Waals surface area contributed by atoms with Gasteiger partial charge in [0.1, 0.15) is 5.82 Å². The van der Waals surface area contributed by atoms with Gasteiger partial charge in [0.25, 0.3) is 0 Å². The first-order chi connectivity index (χ1) is 11.5. The van der Waals surface area contributed by atoms with Crippen molar-refractivity contribution in [2.45, 2.75) is 6.42 Å². The van der Waals surface area contributed by atoms with E-state index in [9.17, 15) is 9.18 Å². The SMILES string of the molecule is O=C(Cc1ccc(B(O)O)cc1)c1ccc(-c2cccc(F)c2)s1. The number of thiophene rings is 1. The lowest BCUT2D eigenvalue weighted by Crippen LogP contribution is -2.29. The Bertz CT molecular complexity index is 859. The van der Waals surface area contributed by atoms with Crippen molar-refractivity contribution in [1.82, 2.24) is 0 Å². The summed E-state index contributed by atoms with van der Waals surface area (Å²) < 4.78 is 13.3. The van der Waals surface area contributed by atoms with Crippen LogP contribution in [0, 0.1) is 5.82 Å². The molecular weight excluding hydrogens is 326 g/mol. The van der Waals surface area contributed by atoms with Crippen molar-refractivity contribution in [3.8, 4) is 10.4 Å². The van der Waals surface area contributed by atoms with E-state index in [2.05, 4.69) is 0 Å². The third-order valence-corrected chi connectivity index (χ3v) is 4.81. The molecule has 0 amide bonds. The summed E-state index contributed by atoms with van der Waals surface area (Å²) >= 11 is 1.33. The number of carbonyl (C=O) groups is 1. The number of Topliss-reactive ketones (excluding diaryl/α,β-unsaturated/α-hetero) is 1. The van der Waals surface area contributed by atoms with Gasteiger partial charge in [0.2, 0.25) is 0 Å². The molecule has 3 aromatic rings. The fraction of sp³-hybridized carbons (Fsp3) is 0.0556. The van der Waals surface area contributed by atoms with Crippen molar-refractivity contribution in [1.29, 1.82) is 0 Å². The molecule has 0 aliphatic heterocycles. The first-order valence-corrected chi connectivity index (χ1v) is 8.18. The first kappa shape index (κ1) is 16.6. The molecule has 24 heavy (non-hydrogen) atoms. The Kier molecular flexibility index (Phi) is 4.90. The number of halogens is 1. The Balaban J connectivity index is 1.74. The average molecular weight is 340 g/mol. The number of hydrogen-bond acceptors (Lipinski definition) is 4. The molecule has 0 saturated carbocycles. The fourth-order valence-electron chi connectivity index (χ4n) is 2.36. The van der Waals surface area contributed by atoms with Gasteiger partial charge >= 0.3 is 7.12 Å². The van der Waals surface area contributed by atoms with Crippen LogP contribution < -0.4 is 5.46 Å². The van der Waals surface area contributed by atoms with Gasteiger partial charge in [-0.2, -0.15) is 0 Å². The van der Waals surface area contributed by atoms with Gasteiger partial charge < -0.3 is 10.0 Å². The normalized spacial score (nSPS) is 10.6. The summed E-state index contributed by atoms with van der Waals surface area (Å²) in [6, 6.07) is 16.4. The summed E-state index contributed by atoms with van der Waals surface area (Å²) in [4.78, 5) is 13.8. The van der Waals surface area contributed by atoms with Crippen LogP contribution in [-0.4, -0.2) is 22.9 Å². The van der Waals surface area contributed by atoms with Gasteiger partial charge in [-0.15, -0.1) is 11.3 Å². The second-order valence-corrected chi connectivity index (χ2v) is 6.47. The van der Waals surface area contributed by atoms with E-state index in [1.54, 1.807) is 36.4 Å². The van der Waals surface area contributed by atoms with Crippen LogP contribution in [0.2, 0.25) is 0 Å². The highest BCUT2D eigenvalue weighted by Crippen LogP contribution is 2.29. The van der Waals surface area contributed by atoms with Crippen LogP contribution in [0.5, 0.6) is 0 Å². The molecule has 1 aromatic heterocycles. The standard InChI is InChI=1S/C18H14BFO3S/c20-15-3-1-2-13(11-15)17-8-9-18(24-17)16(21)10-12-4-6-14(7-5-12)19(22)23/h1-9,11,22-23H,10H2. The Labute approximate surface area is 143 Å². The minimum absolute atomic E-state index is 0.0278. The van der Waals surface area contributed by atoms with Gasteiger partial charge in [0, 0.05) is 11.3 Å². The van der Waals surface area contributed by atoms with E-state index in [4.69, 9.17) is 10.0 Å². The molecule has 0 saturated heterocycles. The third kappa shape index (κ3) is 3.79. The lowest BCUT2D eigenvalue weighted by molar-refractivity contribution is 0.0997. The molecule has 0 fully saturated rings. The molecule has 0 spiro atoms. The fourth-order valence-corrected chi connectivity index (χ4v) is 3.30.